The van der Waals surface area contributed by atoms with Crippen molar-refractivity contribution in [2.24, 2.45) is 0 Å². The van der Waals surface area contributed by atoms with E-state index in [0.717, 1.165) is 0 Å². The van der Waals surface area contributed by atoms with Gasteiger partial charge in [-0.3, -0.25) is 0 Å². The molecule has 0 radical (unpaired) electrons. The zero-order chi connectivity index (χ0) is 16.2. The summed E-state index contributed by atoms with van der Waals surface area (Å²) < 4.78 is 8.88. The molecule has 0 atom stereocenters. The van der Waals surface area contributed by atoms with E-state index in [9.17, 15) is 0 Å². The molecule has 20 heavy (non-hydrogen) atoms. The van der Waals surface area contributed by atoms with Crippen LogP contribution < -0.4 is 0 Å². The van der Waals surface area contributed by atoms with Crippen molar-refractivity contribution in [3.8, 4) is 0 Å². The van der Waals surface area contributed by atoms with Crippen molar-refractivity contribution in [2.45, 2.75) is 0 Å². The Labute approximate surface area is 151 Å². The molecule has 0 bridgehead atoms. The van der Waals surface area contributed by atoms with Gasteiger partial charge in [0.15, 0.2) is 0 Å². The minimum Gasteiger partial charge on any atom is -0.325 e. The Morgan fingerprint density at radius 1 is 0.800 bits per heavy atom. The third kappa shape index (κ3) is 1760. The first kappa shape index (κ1) is 37.9. The number of hydrogen-bond acceptors (Lipinski definition) is 3. The van der Waals surface area contributed by atoms with E-state index in [4.69, 9.17) is 48.6 Å². The Morgan fingerprint density at radius 2 is 0.800 bits per heavy atom. The first-order valence-electron chi connectivity index (χ1n) is 3.16. The van der Waals surface area contributed by atoms with Crippen LogP contribution in [0, 0.1) is 6.92 Å². The summed E-state index contributed by atoms with van der Waals surface area (Å²) in [7, 11) is -4.64. The average molecular weight is 498 g/mol. The second-order valence-corrected chi connectivity index (χ2v) is 7.85. The summed E-state index contributed by atoms with van der Waals surface area (Å²) in [6.45, 7) is -1.11. The summed E-state index contributed by atoms with van der Waals surface area (Å²) in [4.78, 5) is 66.9. The van der Waals surface area contributed by atoms with Gasteiger partial charge < -0.3 is 44.0 Å². The quantitative estimate of drug-likeness (QED) is 0.106. The zero-order valence-electron chi connectivity index (χ0n) is 10.00. The van der Waals surface area contributed by atoms with Gasteiger partial charge in [-0.15, -0.1) is 0 Å². The van der Waals surface area contributed by atoms with Crippen LogP contribution in [-0.2, 0) is 67.1 Å². The van der Waals surface area contributed by atoms with Crippen LogP contribution in [0.4, 0.5) is 0 Å². The van der Waals surface area contributed by atoms with Gasteiger partial charge in [0, 0.05) is 39.0 Å². The van der Waals surface area contributed by atoms with Gasteiger partial charge in [-0.25, -0.2) is 24.1 Å². The van der Waals surface area contributed by atoms with E-state index in [1.165, 1.54) is 6.08 Å². The van der Waals surface area contributed by atoms with Gasteiger partial charge in [-0.05, 0) is 23.6 Å². The minimum absolute atomic E-state index is 0. The van der Waals surface area contributed by atoms with Crippen molar-refractivity contribution < 1.29 is 87.6 Å². The molecular formula is C3H14O10P3S2Zn2-. The van der Waals surface area contributed by atoms with Crippen molar-refractivity contribution in [1.82, 2.24) is 0 Å². The van der Waals surface area contributed by atoms with Crippen molar-refractivity contribution in [2.75, 3.05) is 0 Å². The Balaban J connectivity index is -0.0000000321. The molecule has 0 saturated heterocycles. The minimum atomic E-state index is -4.64. The second-order valence-electron chi connectivity index (χ2n) is 1.83. The molecule has 9 N–H and O–H groups in total. The van der Waals surface area contributed by atoms with Gasteiger partial charge in [0.25, 0.3) is 0 Å². The largest absolute Gasteiger partial charge is 0.466 e. The Hall–Kier alpha value is 2.03. The fourth-order valence-corrected chi connectivity index (χ4v) is 0. The van der Waals surface area contributed by atoms with Gasteiger partial charge in [0.1, 0.15) is 0 Å². The third-order valence-electron chi connectivity index (χ3n) is 0. The number of phosphoric acid groups is 1. The van der Waals surface area contributed by atoms with Crippen molar-refractivity contribution >= 4 is 44.9 Å². The maximum absolute atomic E-state index is 8.88. The van der Waals surface area contributed by atoms with Crippen LogP contribution >= 0.6 is 21.3 Å². The standard InChI is InChI=1S/C3H5.H3O4P.2H3O3PS.2Zn/c1-3-2;1-5(2,3)4;2*1-4(2,3)5;;/h3H,1-2H2;(H3,1,2,3,4);2*(H3,1,2,3,5);;/q-1;;;;;. The maximum Gasteiger partial charge on any atom is 0.466 e. The summed E-state index contributed by atoms with van der Waals surface area (Å²) in [5, 5.41) is 0. The van der Waals surface area contributed by atoms with Crippen LogP contribution in [0.25, 0.3) is 0 Å². The van der Waals surface area contributed by atoms with Crippen LogP contribution in [0.5, 0.6) is 0 Å². The van der Waals surface area contributed by atoms with Crippen LogP contribution in [0.1, 0.15) is 0 Å². The monoisotopic (exact) mass is 495 g/mol. The topological polar surface area (TPSA) is 199 Å². The summed E-state index contributed by atoms with van der Waals surface area (Å²) in [5.41, 5.74) is 0. The second kappa shape index (κ2) is 19.1. The smallest absolute Gasteiger partial charge is 0.325 e. The Morgan fingerprint density at radius 3 is 0.800 bits per heavy atom. The number of allylic oxidation sites excluding steroid dienone is 1. The molecule has 0 spiro atoms. The van der Waals surface area contributed by atoms with E-state index in [-0.39, 0.29) is 39.0 Å². The van der Waals surface area contributed by atoms with Crippen molar-refractivity contribution in [1.29, 1.82) is 0 Å². The zero-order valence-corrected chi connectivity index (χ0v) is 20.2. The maximum atomic E-state index is 8.88. The summed E-state index contributed by atoms with van der Waals surface area (Å²) >= 11 is 7.21. The first-order chi connectivity index (χ1) is 7.41. The van der Waals surface area contributed by atoms with E-state index in [2.05, 4.69) is 37.1 Å². The van der Waals surface area contributed by atoms with Gasteiger partial charge in [-0.2, -0.15) is 0 Å². The summed E-state index contributed by atoms with van der Waals surface area (Å²) in [5.74, 6) is 0. The van der Waals surface area contributed by atoms with E-state index in [1.807, 2.05) is 0 Å². The van der Waals surface area contributed by atoms with E-state index < -0.39 is 21.3 Å². The van der Waals surface area contributed by atoms with Crippen molar-refractivity contribution in [3.63, 3.8) is 0 Å². The average Bonchev–Trinajstić information content (AvgIpc) is 1.71. The molecule has 0 aromatic heterocycles. The van der Waals surface area contributed by atoms with Gasteiger partial charge >= 0.3 is 21.3 Å². The molecule has 0 saturated carbocycles. The predicted molar refractivity (Wildman–Crippen MR) is 71.7 cm³/mol. The normalized spacial score (nSPS) is 9.45. The molecule has 10 nitrogen and oxygen atoms in total. The molecule has 0 aliphatic rings. The molecule has 0 aromatic rings. The van der Waals surface area contributed by atoms with Gasteiger partial charge in [0.2, 0.25) is 0 Å². The van der Waals surface area contributed by atoms with Gasteiger partial charge in [-0.1, -0.05) is 0 Å². The summed E-state index contributed by atoms with van der Waals surface area (Å²) in [6.07, 6.45) is 1.50. The van der Waals surface area contributed by atoms with E-state index in [0.29, 0.717) is 0 Å². The molecule has 0 amide bonds. The predicted octanol–water partition coefficient (Wildman–Crippen LogP) is -1.55. The molecule has 118 valence electrons. The third-order valence-corrected chi connectivity index (χ3v) is 0. The van der Waals surface area contributed by atoms with E-state index >= 15 is 0 Å². The molecule has 0 fully saturated rings. The molecule has 0 heterocycles. The van der Waals surface area contributed by atoms with Crippen LogP contribution in [-0.4, -0.2) is 44.0 Å². The van der Waals surface area contributed by atoms with Crippen LogP contribution in [0.3, 0.4) is 0 Å². The fourth-order valence-electron chi connectivity index (χ4n) is 0. The molecule has 0 aliphatic carbocycles. The van der Waals surface area contributed by atoms with Gasteiger partial charge in [0.05, 0.1) is 0 Å². The number of hydrogen-bond donors (Lipinski definition) is 9. The van der Waals surface area contributed by atoms with E-state index in [1.54, 1.807) is 0 Å². The SMILES string of the molecule is C=C[CH2-].O=P(O)(O)O.OP(O)(O)=S.OP(O)(O)=S.[Zn].[Zn]. The Kier molecular flexibility index (Phi) is 36.2. The van der Waals surface area contributed by atoms with Crippen molar-refractivity contribution in [3.05, 3.63) is 19.6 Å². The molecule has 0 aromatic carbocycles. The van der Waals surface area contributed by atoms with Crippen LogP contribution in [0.15, 0.2) is 12.7 Å². The fraction of sp³-hybridized carbons (Fsp3) is 0. The molecule has 0 rings (SSSR count). The molecular weight excluding hydrogens is 484 g/mol. The molecule has 17 heteroatoms. The Bertz CT molecular complexity index is 262. The number of rotatable bonds is 0. The molecule has 0 aliphatic heterocycles. The first-order valence-corrected chi connectivity index (χ1v) is 10.1. The summed E-state index contributed by atoms with van der Waals surface area (Å²) in [6, 6.07) is 0. The molecule has 0 unspecified atom stereocenters. The van der Waals surface area contributed by atoms with Crippen LogP contribution in [0.2, 0.25) is 0 Å².